The van der Waals surface area contributed by atoms with Gasteiger partial charge < -0.3 is 5.73 Å². The molecule has 1 atom stereocenters. The Morgan fingerprint density at radius 3 is 2.71 bits per heavy atom. The molecule has 104 valence electrons. The molecule has 0 saturated heterocycles. The second-order valence-corrected chi connectivity index (χ2v) is 6.13. The van der Waals surface area contributed by atoms with E-state index in [9.17, 15) is 0 Å². The molecule has 0 amide bonds. The summed E-state index contributed by atoms with van der Waals surface area (Å²) in [4.78, 5) is 12.1. The van der Waals surface area contributed by atoms with Crippen molar-refractivity contribution in [1.82, 2.24) is 0 Å². The SMILES string of the molecule is NC1=N[C@H](c2ccccc2Cl)N2C(=N1)Sc1ccccc12. The number of anilines is 1. The van der Waals surface area contributed by atoms with E-state index < -0.39 is 0 Å². The number of benzene rings is 2. The molecule has 2 aliphatic rings. The van der Waals surface area contributed by atoms with Crippen molar-refractivity contribution in [2.45, 2.75) is 11.1 Å². The van der Waals surface area contributed by atoms with E-state index in [0.29, 0.717) is 5.02 Å². The molecule has 0 unspecified atom stereocenters. The van der Waals surface area contributed by atoms with Gasteiger partial charge in [-0.15, -0.1) is 0 Å². The predicted octanol–water partition coefficient (Wildman–Crippen LogP) is 3.64. The Balaban J connectivity index is 1.88. The van der Waals surface area contributed by atoms with Gasteiger partial charge in [-0.25, -0.2) is 4.99 Å². The van der Waals surface area contributed by atoms with Crippen LogP contribution in [0.5, 0.6) is 0 Å². The van der Waals surface area contributed by atoms with Gasteiger partial charge in [-0.05, 0) is 30.0 Å². The average Bonchev–Trinajstić information content (AvgIpc) is 2.85. The van der Waals surface area contributed by atoms with Crippen molar-refractivity contribution in [3.63, 3.8) is 0 Å². The largest absolute Gasteiger partial charge is 0.368 e. The first-order valence-electron chi connectivity index (χ1n) is 6.46. The molecule has 4 nitrogen and oxygen atoms in total. The first-order valence-corrected chi connectivity index (χ1v) is 7.66. The number of fused-ring (bicyclic) bond motifs is 3. The van der Waals surface area contributed by atoms with Crippen LogP contribution in [0, 0.1) is 0 Å². The fourth-order valence-corrected chi connectivity index (χ4v) is 3.79. The number of nitrogens with two attached hydrogens (primary N) is 1. The van der Waals surface area contributed by atoms with E-state index in [1.165, 1.54) is 0 Å². The fraction of sp³-hybridized carbons (Fsp3) is 0.0667. The molecule has 0 bridgehead atoms. The number of para-hydroxylation sites is 1. The topological polar surface area (TPSA) is 54.0 Å². The van der Waals surface area contributed by atoms with Gasteiger partial charge in [0.25, 0.3) is 0 Å². The van der Waals surface area contributed by atoms with E-state index >= 15 is 0 Å². The quantitative estimate of drug-likeness (QED) is 0.874. The van der Waals surface area contributed by atoms with Gasteiger partial charge >= 0.3 is 0 Å². The summed E-state index contributed by atoms with van der Waals surface area (Å²) >= 11 is 7.94. The second kappa shape index (κ2) is 4.79. The molecule has 0 fully saturated rings. The smallest absolute Gasteiger partial charge is 0.220 e. The summed E-state index contributed by atoms with van der Waals surface area (Å²) in [7, 11) is 0. The highest BCUT2D eigenvalue weighted by molar-refractivity contribution is 8.14. The van der Waals surface area contributed by atoms with Gasteiger partial charge in [-0.3, -0.25) is 4.90 Å². The van der Waals surface area contributed by atoms with Crippen molar-refractivity contribution in [3.8, 4) is 0 Å². The molecular weight excluding hydrogens is 304 g/mol. The molecule has 4 rings (SSSR count). The molecule has 0 spiro atoms. The summed E-state index contributed by atoms with van der Waals surface area (Å²) in [5.74, 6) is 0.284. The molecule has 2 aromatic carbocycles. The van der Waals surface area contributed by atoms with E-state index in [4.69, 9.17) is 17.3 Å². The van der Waals surface area contributed by atoms with Gasteiger partial charge in [0, 0.05) is 15.5 Å². The highest BCUT2D eigenvalue weighted by Gasteiger charge is 2.36. The molecule has 2 heterocycles. The summed E-state index contributed by atoms with van der Waals surface area (Å²) < 4.78 is 0. The Morgan fingerprint density at radius 1 is 1.10 bits per heavy atom. The van der Waals surface area contributed by atoms with E-state index in [1.807, 2.05) is 36.4 Å². The number of amidine groups is 1. The number of hydrogen-bond acceptors (Lipinski definition) is 5. The Bertz CT molecular complexity index is 787. The third-order valence-corrected chi connectivity index (χ3v) is 4.80. The van der Waals surface area contributed by atoms with Crippen LogP contribution in [0.2, 0.25) is 5.02 Å². The minimum atomic E-state index is -0.276. The molecule has 2 aliphatic heterocycles. The number of rotatable bonds is 1. The van der Waals surface area contributed by atoms with Crippen molar-refractivity contribution in [2.75, 3.05) is 4.90 Å². The summed E-state index contributed by atoms with van der Waals surface area (Å²) in [6.07, 6.45) is -0.276. The lowest BCUT2D eigenvalue weighted by molar-refractivity contribution is 0.745. The van der Waals surface area contributed by atoms with E-state index in [1.54, 1.807) is 11.8 Å². The first kappa shape index (κ1) is 12.7. The highest BCUT2D eigenvalue weighted by Crippen LogP contribution is 2.46. The monoisotopic (exact) mass is 314 g/mol. The zero-order valence-electron chi connectivity index (χ0n) is 10.9. The molecule has 2 aromatic rings. The zero-order valence-corrected chi connectivity index (χ0v) is 12.5. The summed E-state index contributed by atoms with van der Waals surface area (Å²) in [6.45, 7) is 0. The third-order valence-electron chi connectivity index (χ3n) is 3.42. The van der Waals surface area contributed by atoms with Crippen LogP contribution < -0.4 is 10.6 Å². The van der Waals surface area contributed by atoms with Crippen molar-refractivity contribution in [2.24, 2.45) is 15.7 Å². The van der Waals surface area contributed by atoms with Crippen LogP contribution in [0.15, 0.2) is 63.4 Å². The Kier molecular flexibility index (Phi) is 2.90. The van der Waals surface area contributed by atoms with Crippen LogP contribution in [0.4, 0.5) is 5.69 Å². The summed E-state index contributed by atoms with van der Waals surface area (Å²) in [5, 5.41) is 1.52. The van der Waals surface area contributed by atoms with Gasteiger partial charge in [-0.2, -0.15) is 4.99 Å². The number of hydrogen-bond donors (Lipinski definition) is 1. The van der Waals surface area contributed by atoms with Gasteiger partial charge in [0.2, 0.25) is 5.96 Å². The Hall–Kier alpha value is -1.98. The number of guanidine groups is 1. The third kappa shape index (κ3) is 2.01. The maximum Gasteiger partial charge on any atom is 0.220 e. The van der Waals surface area contributed by atoms with Crippen LogP contribution in [-0.2, 0) is 0 Å². The van der Waals surface area contributed by atoms with E-state index in [2.05, 4.69) is 27.0 Å². The summed E-state index contributed by atoms with van der Waals surface area (Å²) in [6, 6.07) is 15.8. The standard InChI is InChI=1S/C15H11ClN4S/c16-10-6-2-1-5-9(10)13-18-14(17)19-15-20(13)11-7-3-4-8-12(11)21-15/h1-8,13H,(H2,17,18)/t13-/m0/s1. The van der Waals surface area contributed by atoms with Crippen LogP contribution in [-0.4, -0.2) is 11.1 Å². The fourth-order valence-electron chi connectivity index (χ4n) is 2.51. The maximum absolute atomic E-state index is 6.34. The number of aliphatic imine (C=N–C) groups is 2. The van der Waals surface area contributed by atoms with Crippen molar-refractivity contribution in [1.29, 1.82) is 0 Å². The van der Waals surface area contributed by atoms with Gasteiger partial charge in [-0.1, -0.05) is 41.9 Å². The second-order valence-electron chi connectivity index (χ2n) is 4.72. The lowest BCUT2D eigenvalue weighted by atomic mass is 10.1. The lowest BCUT2D eigenvalue weighted by Crippen LogP contribution is -2.35. The van der Waals surface area contributed by atoms with Crippen LogP contribution in [0.3, 0.4) is 0 Å². The minimum Gasteiger partial charge on any atom is -0.368 e. The molecule has 0 radical (unpaired) electrons. The number of halogens is 1. The van der Waals surface area contributed by atoms with Crippen LogP contribution in [0.1, 0.15) is 11.7 Å². The Labute approximate surface area is 131 Å². The molecule has 21 heavy (non-hydrogen) atoms. The van der Waals surface area contributed by atoms with E-state index in [-0.39, 0.29) is 12.1 Å². The molecule has 0 aromatic heterocycles. The molecule has 6 heteroatoms. The number of thioether (sulfide) groups is 1. The van der Waals surface area contributed by atoms with Crippen molar-refractivity contribution < 1.29 is 0 Å². The average molecular weight is 315 g/mol. The first-order chi connectivity index (χ1) is 10.2. The van der Waals surface area contributed by atoms with Crippen molar-refractivity contribution in [3.05, 3.63) is 59.1 Å². The van der Waals surface area contributed by atoms with Gasteiger partial charge in [0.1, 0.15) is 0 Å². The molecular formula is C15H11ClN4S. The normalized spacial score (nSPS) is 19.7. The van der Waals surface area contributed by atoms with E-state index in [0.717, 1.165) is 21.3 Å². The predicted molar refractivity (Wildman–Crippen MR) is 88.0 cm³/mol. The van der Waals surface area contributed by atoms with Crippen LogP contribution in [0.25, 0.3) is 0 Å². The van der Waals surface area contributed by atoms with Gasteiger partial charge in [0.05, 0.1) is 5.69 Å². The number of nitrogens with zero attached hydrogens (tertiary/aromatic N) is 3. The maximum atomic E-state index is 6.34. The van der Waals surface area contributed by atoms with Gasteiger partial charge in [0.15, 0.2) is 11.3 Å². The van der Waals surface area contributed by atoms with Crippen molar-refractivity contribution >= 4 is 40.2 Å². The molecule has 0 aliphatic carbocycles. The Morgan fingerprint density at radius 2 is 1.86 bits per heavy atom. The van der Waals surface area contributed by atoms with Crippen LogP contribution >= 0.6 is 23.4 Å². The highest BCUT2D eigenvalue weighted by atomic mass is 35.5. The molecule has 2 N–H and O–H groups in total. The minimum absolute atomic E-state index is 0.276. The summed E-state index contributed by atoms with van der Waals surface area (Å²) in [5.41, 5.74) is 7.89. The lowest BCUT2D eigenvalue weighted by Gasteiger charge is -2.30. The zero-order chi connectivity index (χ0) is 14.4. The molecule has 0 saturated carbocycles.